The average molecular weight is 453 g/mol. The van der Waals surface area contributed by atoms with E-state index in [0.29, 0.717) is 16.9 Å². The number of nitrogens with zero attached hydrogens (tertiary/aromatic N) is 5. The van der Waals surface area contributed by atoms with Gasteiger partial charge in [0.2, 0.25) is 0 Å². The van der Waals surface area contributed by atoms with Crippen molar-refractivity contribution in [2.45, 2.75) is 6.92 Å². The molecule has 34 heavy (non-hydrogen) atoms. The van der Waals surface area contributed by atoms with Gasteiger partial charge in [0.25, 0.3) is 5.91 Å². The van der Waals surface area contributed by atoms with E-state index < -0.39 is 0 Å². The highest BCUT2D eigenvalue weighted by molar-refractivity contribution is 6.08. The van der Waals surface area contributed by atoms with E-state index in [9.17, 15) is 4.79 Å². The standard InChI is InChI=1S/C27H28N6O/c1-20-7-6-8-21(17-20)26-24(19-33(30-26)23-9-4-3-5-10-23)27(34)29-22-11-12-25(28-18-22)32-15-13-31(2)14-16-32/h3-12,17-19H,13-16H2,1-2H3,(H,29,34). The molecule has 7 nitrogen and oxygen atoms in total. The Kier molecular flexibility index (Phi) is 6.10. The van der Waals surface area contributed by atoms with Crippen molar-refractivity contribution in [2.24, 2.45) is 0 Å². The van der Waals surface area contributed by atoms with E-state index in [1.807, 2.05) is 73.7 Å². The lowest BCUT2D eigenvalue weighted by atomic mass is 10.1. The highest BCUT2D eigenvalue weighted by Crippen LogP contribution is 2.26. The molecule has 7 heteroatoms. The number of aromatic nitrogens is 3. The molecule has 0 spiro atoms. The number of carbonyl (C=O) groups excluding carboxylic acids is 1. The van der Waals surface area contributed by atoms with Crippen LogP contribution in [-0.4, -0.2) is 58.8 Å². The van der Waals surface area contributed by atoms with Crippen molar-refractivity contribution in [1.29, 1.82) is 0 Å². The number of pyridine rings is 1. The van der Waals surface area contributed by atoms with Crippen molar-refractivity contribution < 1.29 is 4.79 Å². The van der Waals surface area contributed by atoms with Crippen LogP contribution < -0.4 is 10.2 Å². The van der Waals surface area contributed by atoms with Crippen molar-refractivity contribution >= 4 is 17.4 Å². The maximum atomic E-state index is 13.4. The topological polar surface area (TPSA) is 66.3 Å². The van der Waals surface area contributed by atoms with Crippen molar-refractivity contribution in [3.05, 3.63) is 90.3 Å². The number of benzene rings is 2. The van der Waals surface area contributed by atoms with Crippen LogP contribution in [-0.2, 0) is 0 Å². The second kappa shape index (κ2) is 9.49. The van der Waals surface area contributed by atoms with E-state index in [0.717, 1.165) is 48.8 Å². The van der Waals surface area contributed by atoms with Crippen molar-refractivity contribution in [2.75, 3.05) is 43.4 Å². The third kappa shape index (κ3) is 4.70. The van der Waals surface area contributed by atoms with Crippen LogP contribution in [0.2, 0.25) is 0 Å². The number of carbonyl (C=O) groups is 1. The van der Waals surface area contributed by atoms with Crippen LogP contribution in [0.25, 0.3) is 16.9 Å². The second-order valence-electron chi connectivity index (χ2n) is 8.69. The van der Waals surface area contributed by atoms with E-state index in [2.05, 4.69) is 27.1 Å². The fourth-order valence-corrected chi connectivity index (χ4v) is 4.14. The molecule has 2 aromatic heterocycles. The Bertz CT molecular complexity index is 1270. The molecule has 0 aliphatic carbocycles. The number of nitrogens with one attached hydrogen (secondary N) is 1. The zero-order chi connectivity index (χ0) is 23.5. The Morgan fingerprint density at radius 2 is 1.74 bits per heavy atom. The first kappa shape index (κ1) is 21.9. The third-order valence-electron chi connectivity index (χ3n) is 6.10. The molecule has 0 saturated carbocycles. The normalized spacial score (nSPS) is 14.2. The summed E-state index contributed by atoms with van der Waals surface area (Å²) in [7, 11) is 2.13. The van der Waals surface area contributed by atoms with Gasteiger partial charge in [-0.05, 0) is 44.3 Å². The summed E-state index contributed by atoms with van der Waals surface area (Å²) in [5.74, 6) is 0.719. The molecule has 4 aromatic rings. The first-order valence-electron chi connectivity index (χ1n) is 11.5. The number of amides is 1. The Morgan fingerprint density at radius 3 is 2.44 bits per heavy atom. The Morgan fingerprint density at radius 1 is 0.941 bits per heavy atom. The summed E-state index contributed by atoms with van der Waals surface area (Å²) in [6, 6.07) is 21.7. The number of likely N-dealkylation sites (N-methyl/N-ethyl adjacent to an activating group) is 1. The first-order valence-corrected chi connectivity index (χ1v) is 11.5. The summed E-state index contributed by atoms with van der Waals surface area (Å²) in [5.41, 5.74) is 4.73. The molecule has 0 unspecified atom stereocenters. The monoisotopic (exact) mass is 452 g/mol. The van der Waals surface area contributed by atoms with E-state index in [1.54, 1.807) is 17.1 Å². The summed E-state index contributed by atoms with van der Waals surface area (Å²) in [4.78, 5) is 22.5. The van der Waals surface area contributed by atoms with Crippen LogP contribution >= 0.6 is 0 Å². The van der Waals surface area contributed by atoms with E-state index in [1.165, 1.54) is 0 Å². The van der Waals surface area contributed by atoms with Gasteiger partial charge in [0, 0.05) is 37.9 Å². The SMILES string of the molecule is Cc1cccc(-c2nn(-c3ccccc3)cc2C(=O)Nc2ccc(N3CCN(C)CC3)nc2)c1. The number of aryl methyl sites for hydroxylation is 1. The molecule has 0 radical (unpaired) electrons. The van der Waals surface area contributed by atoms with Gasteiger partial charge in [-0.1, -0.05) is 42.0 Å². The number of hydrogen-bond donors (Lipinski definition) is 1. The van der Waals surface area contributed by atoms with Gasteiger partial charge in [0.1, 0.15) is 11.5 Å². The fraction of sp³-hybridized carbons (Fsp3) is 0.222. The van der Waals surface area contributed by atoms with Crippen LogP contribution in [0.15, 0.2) is 79.1 Å². The van der Waals surface area contributed by atoms with Crippen molar-refractivity contribution in [1.82, 2.24) is 19.7 Å². The van der Waals surface area contributed by atoms with Gasteiger partial charge in [-0.25, -0.2) is 9.67 Å². The van der Waals surface area contributed by atoms with Crippen LogP contribution in [0.1, 0.15) is 15.9 Å². The van der Waals surface area contributed by atoms with Crippen molar-refractivity contribution in [3.63, 3.8) is 0 Å². The molecule has 5 rings (SSSR count). The van der Waals surface area contributed by atoms with Crippen LogP contribution in [0.3, 0.4) is 0 Å². The molecule has 0 atom stereocenters. The molecule has 172 valence electrons. The molecule has 3 heterocycles. The number of para-hydroxylation sites is 1. The molecule has 1 amide bonds. The summed E-state index contributed by atoms with van der Waals surface area (Å²) >= 11 is 0. The lowest BCUT2D eigenvalue weighted by molar-refractivity contribution is 0.102. The fourth-order valence-electron chi connectivity index (χ4n) is 4.14. The summed E-state index contributed by atoms with van der Waals surface area (Å²) in [6.07, 6.45) is 3.51. The predicted octanol–water partition coefficient (Wildman–Crippen LogP) is 4.25. The molecule has 1 fully saturated rings. The van der Waals surface area contributed by atoms with Gasteiger partial charge >= 0.3 is 0 Å². The zero-order valence-electron chi connectivity index (χ0n) is 19.5. The van der Waals surface area contributed by atoms with E-state index in [-0.39, 0.29) is 5.91 Å². The Balaban J connectivity index is 1.41. The van der Waals surface area contributed by atoms with E-state index >= 15 is 0 Å². The van der Waals surface area contributed by atoms with E-state index in [4.69, 9.17) is 5.10 Å². The first-order chi connectivity index (χ1) is 16.6. The number of piperazine rings is 1. The maximum absolute atomic E-state index is 13.4. The maximum Gasteiger partial charge on any atom is 0.259 e. The van der Waals surface area contributed by atoms with Crippen LogP contribution in [0.5, 0.6) is 0 Å². The summed E-state index contributed by atoms with van der Waals surface area (Å²) in [5, 5.41) is 7.77. The third-order valence-corrected chi connectivity index (χ3v) is 6.10. The number of hydrogen-bond acceptors (Lipinski definition) is 5. The highest BCUT2D eigenvalue weighted by Gasteiger charge is 2.20. The summed E-state index contributed by atoms with van der Waals surface area (Å²) in [6.45, 7) is 5.98. The smallest absolute Gasteiger partial charge is 0.259 e. The van der Waals surface area contributed by atoms with Gasteiger partial charge in [0.05, 0.1) is 23.1 Å². The zero-order valence-corrected chi connectivity index (χ0v) is 19.5. The van der Waals surface area contributed by atoms with Crippen LogP contribution in [0, 0.1) is 6.92 Å². The molecule has 1 aliphatic heterocycles. The molecular weight excluding hydrogens is 424 g/mol. The van der Waals surface area contributed by atoms with Gasteiger partial charge in [0.15, 0.2) is 0 Å². The van der Waals surface area contributed by atoms with Gasteiger partial charge in [-0.3, -0.25) is 4.79 Å². The lowest BCUT2D eigenvalue weighted by Crippen LogP contribution is -2.44. The quantitative estimate of drug-likeness (QED) is 0.491. The van der Waals surface area contributed by atoms with Crippen LogP contribution in [0.4, 0.5) is 11.5 Å². The Labute approximate surface area is 199 Å². The average Bonchev–Trinajstić information content (AvgIpc) is 3.32. The predicted molar refractivity (Wildman–Crippen MR) is 136 cm³/mol. The van der Waals surface area contributed by atoms with Gasteiger partial charge in [-0.15, -0.1) is 0 Å². The minimum atomic E-state index is -0.215. The highest BCUT2D eigenvalue weighted by atomic mass is 16.1. The number of anilines is 2. The Hall–Kier alpha value is -3.97. The molecule has 1 saturated heterocycles. The molecule has 1 N–H and O–H groups in total. The molecule has 0 bridgehead atoms. The molecular formula is C27H28N6O. The largest absolute Gasteiger partial charge is 0.354 e. The lowest BCUT2D eigenvalue weighted by Gasteiger charge is -2.33. The minimum Gasteiger partial charge on any atom is -0.354 e. The molecule has 2 aromatic carbocycles. The van der Waals surface area contributed by atoms with Gasteiger partial charge in [-0.2, -0.15) is 5.10 Å². The number of rotatable bonds is 5. The second-order valence-corrected chi connectivity index (χ2v) is 8.69. The minimum absolute atomic E-state index is 0.215. The summed E-state index contributed by atoms with van der Waals surface area (Å²) < 4.78 is 1.75. The van der Waals surface area contributed by atoms with Gasteiger partial charge < -0.3 is 15.1 Å². The van der Waals surface area contributed by atoms with Crippen molar-refractivity contribution in [3.8, 4) is 16.9 Å². The molecule has 1 aliphatic rings.